The van der Waals surface area contributed by atoms with Crippen LogP contribution in [0, 0.1) is 11.8 Å². The third kappa shape index (κ3) is 6.99. The summed E-state index contributed by atoms with van der Waals surface area (Å²) in [6, 6.07) is 4.78. The second-order valence-electron chi connectivity index (χ2n) is 6.83. The van der Waals surface area contributed by atoms with Gasteiger partial charge in [-0.05, 0) is 37.1 Å². The summed E-state index contributed by atoms with van der Waals surface area (Å²) in [4.78, 5) is 36.1. The lowest BCUT2D eigenvalue weighted by Gasteiger charge is -2.22. The maximum absolute atomic E-state index is 12.6. The summed E-state index contributed by atoms with van der Waals surface area (Å²) in [6.45, 7) is 2.76. The van der Waals surface area contributed by atoms with Crippen molar-refractivity contribution in [3.63, 3.8) is 0 Å². The number of carbonyl (C=O) groups is 3. The monoisotopic (exact) mass is 380 g/mol. The van der Waals surface area contributed by atoms with E-state index in [1.54, 1.807) is 33.0 Å². The minimum atomic E-state index is -1.17. The zero-order chi connectivity index (χ0) is 20.6. The first-order chi connectivity index (χ1) is 12.7. The average molecular weight is 380 g/mol. The van der Waals surface area contributed by atoms with E-state index >= 15 is 0 Å². The second-order valence-corrected chi connectivity index (χ2v) is 6.83. The number of aliphatic hydroxyl groups excluding tert-OH is 1. The van der Waals surface area contributed by atoms with Gasteiger partial charge in [0.15, 0.2) is 5.78 Å². The summed E-state index contributed by atoms with van der Waals surface area (Å²) in [7, 11) is 1.62. The molecular weight excluding hydrogens is 352 g/mol. The van der Waals surface area contributed by atoms with Crippen molar-refractivity contribution in [1.29, 1.82) is 0 Å². The molecule has 1 aromatic rings. The molecule has 0 saturated carbocycles. The number of likely N-dealkylation sites (N-methyl/N-ethyl adjacent to an activating group) is 1. The molecule has 150 valence electrons. The second kappa shape index (κ2) is 10.6. The standard InChI is InChI=1S/C19H28N2O6/c1-11(2)17(19(26)27)21-18(25)13(10-22)9-16(24)15(20-3)8-12-4-6-14(23)7-5-12/h4-7,11,13,15,17,20,22-23H,8-10H2,1-3H3,(H,21,25)(H,26,27)/t13-,15-,17-/m0/s1. The molecule has 27 heavy (non-hydrogen) atoms. The number of phenolic OH excluding ortho intramolecular Hbond substituents is 1. The first-order valence-corrected chi connectivity index (χ1v) is 8.81. The van der Waals surface area contributed by atoms with Crippen LogP contribution in [0.4, 0.5) is 0 Å². The number of ketones is 1. The molecule has 5 N–H and O–H groups in total. The maximum Gasteiger partial charge on any atom is 0.326 e. The smallest absolute Gasteiger partial charge is 0.326 e. The molecule has 0 heterocycles. The Bertz CT molecular complexity index is 644. The van der Waals surface area contributed by atoms with Crippen LogP contribution in [0.3, 0.4) is 0 Å². The van der Waals surface area contributed by atoms with Crippen LogP contribution in [-0.2, 0) is 20.8 Å². The number of nitrogens with one attached hydrogen (secondary N) is 2. The molecule has 0 saturated heterocycles. The van der Waals surface area contributed by atoms with Gasteiger partial charge in [-0.25, -0.2) is 4.79 Å². The number of hydrogen-bond donors (Lipinski definition) is 5. The van der Waals surface area contributed by atoms with Crippen LogP contribution in [-0.4, -0.2) is 58.7 Å². The molecule has 0 unspecified atom stereocenters. The summed E-state index contributed by atoms with van der Waals surface area (Å²) >= 11 is 0. The Labute approximate surface area is 158 Å². The van der Waals surface area contributed by atoms with Gasteiger partial charge in [0.1, 0.15) is 11.8 Å². The Morgan fingerprint density at radius 1 is 1.11 bits per heavy atom. The van der Waals surface area contributed by atoms with E-state index in [0.29, 0.717) is 6.42 Å². The van der Waals surface area contributed by atoms with Gasteiger partial charge in [-0.15, -0.1) is 0 Å². The van der Waals surface area contributed by atoms with Gasteiger partial charge >= 0.3 is 5.97 Å². The largest absolute Gasteiger partial charge is 0.508 e. The van der Waals surface area contributed by atoms with Crippen molar-refractivity contribution in [2.24, 2.45) is 11.8 Å². The highest BCUT2D eigenvalue weighted by molar-refractivity contribution is 5.91. The number of carboxylic acid groups (broad SMARTS) is 1. The number of carbonyl (C=O) groups excluding carboxylic acids is 2. The Hall–Kier alpha value is -2.45. The van der Waals surface area contributed by atoms with Crippen molar-refractivity contribution in [3.05, 3.63) is 29.8 Å². The van der Waals surface area contributed by atoms with E-state index in [1.807, 2.05) is 0 Å². The van der Waals surface area contributed by atoms with E-state index in [1.165, 1.54) is 12.1 Å². The van der Waals surface area contributed by atoms with Crippen LogP contribution < -0.4 is 10.6 Å². The normalized spacial score (nSPS) is 14.4. The molecule has 8 heteroatoms. The molecule has 0 bridgehead atoms. The fourth-order valence-corrected chi connectivity index (χ4v) is 2.65. The van der Waals surface area contributed by atoms with Gasteiger partial charge in [-0.2, -0.15) is 0 Å². The van der Waals surface area contributed by atoms with Crippen LogP contribution in [0.5, 0.6) is 5.75 Å². The number of phenols is 1. The minimum absolute atomic E-state index is 0.126. The third-order valence-corrected chi connectivity index (χ3v) is 4.38. The van der Waals surface area contributed by atoms with Gasteiger partial charge in [0.25, 0.3) is 0 Å². The highest BCUT2D eigenvalue weighted by Gasteiger charge is 2.30. The molecule has 1 amide bonds. The topological polar surface area (TPSA) is 136 Å². The van der Waals surface area contributed by atoms with Crippen molar-refractivity contribution in [2.45, 2.75) is 38.8 Å². The van der Waals surface area contributed by atoms with E-state index < -0.39 is 36.5 Å². The summed E-state index contributed by atoms with van der Waals surface area (Å²) < 4.78 is 0. The van der Waals surface area contributed by atoms with Crippen molar-refractivity contribution in [1.82, 2.24) is 10.6 Å². The number of aromatic hydroxyl groups is 1. The lowest BCUT2D eigenvalue weighted by molar-refractivity contribution is -0.144. The minimum Gasteiger partial charge on any atom is -0.508 e. The molecule has 0 aliphatic carbocycles. The fraction of sp³-hybridized carbons (Fsp3) is 0.526. The van der Waals surface area contributed by atoms with E-state index in [2.05, 4.69) is 10.6 Å². The Morgan fingerprint density at radius 2 is 1.70 bits per heavy atom. The van der Waals surface area contributed by atoms with E-state index in [4.69, 9.17) is 5.11 Å². The van der Waals surface area contributed by atoms with Crippen LogP contribution in [0.1, 0.15) is 25.8 Å². The van der Waals surface area contributed by atoms with Crippen LogP contribution >= 0.6 is 0 Å². The number of carboxylic acids is 1. The van der Waals surface area contributed by atoms with Crippen LogP contribution in [0.2, 0.25) is 0 Å². The molecule has 0 aliphatic rings. The number of aliphatic carboxylic acids is 1. The van der Waals surface area contributed by atoms with Gasteiger partial charge in [0, 0.05) is 6.42 Å². The summed E-state index contributed by atoms with van der Waals surface area (Å²) in [6.07, 6.45) is 0.148. The first-order valence-electron chi connectivity index (χ1n) is 8.81. The van der Waals surface area contributed by atoms with Gasteiger partial charge in [-0.1, -0.05) is 26.0 Å². The average Bonchev–Trinajstić information content (AvgIpc) is 2.62. The molecule has 0 spiro atoms. The molecule has 3 atom stereocenters. The van der Waals surface area contributed by atoms with Gasteiger partial charge in [0.05, 0.1) is 18.6 Å². The number of benzene rings is 1. The Kier molecular flexibility index (Phi) is 8.90. The number of rotatable bonds is 11. The zero-order valence-electron chi connectivity index (χ0n) is 15.8. The SMILES string of the molecule is CN[C@@H](Cc1ccc(O)cc1)C(=O)C[C@@H](CO)C(=O)N[C@H](C(=O)O)C(C)C. The van der Waals surface area contributed by atoms with Crippen molar-refractivity contribution < 1.29 is 29.7 Å². The maximum atomic E-state index is 12.6. The van der Waals surface area contributed by atoms with Gasteiger partial charge in [-0.3, -0.25) is 9.59 Å². The molecule has 8 nitrogen and oxygen atoms in total. The highest BCUT2D eigenvalue weighted by Crippen LogP contribution is 2.14. The van der Waals surface area contributed by atoms with Crippen molar-refractivity contribution in [2.75, 3.05) is 13.7 Å². The van der Waals surface area contributed by atoms with E-state index in [0.717, 1.165) is 5.56 Å². The molecule has 0 aromatic heterocycles. The zero-order valence-corrected chi connectivity index (χ0v) is 15.8. The molecule has 1 rings (SSSR count). The summed E-state index contributed by atoms with van der Waals surface area (Å²) in [5, 5.41) is 33.3. The lowest BCUT2D eigenvalue weighted by Crippen LogP contribution is -2.48. The number of hydrogen-bond acceptors (Lipinski definition) is 6. The van der Waals surface area contributed by atoms with Crippen molar-refractivity contribution in [3.8, 4) is 5.75 Å². The van der Waals surface area contributed by atoms with Gasteiger partial charge < -0.3 is 26.0 Å². The summed E-state index contributed by atoms with van der Waals surface area (Å²) in [5.74, 6) is -3.32. The number of aliphatic hydroxyl groups is 1. The third-order valence-electron chi connectivity index (χ3n) is 4.38. The quantitative estimate of drug-likeness (QED) is 0.373. The number of Topliss-reactive ketones (excluding diaryl/α,β-unsaturated/α-hetero) is 1. The number of amides is 1. The predicted molar refractivity (Wildman–Crippen MR) is 99.3 cm³/mol. The highest BCUT2D eigenvalue weighted by atomic mass is 16.4. The summed E-state index contributed by atoms with van der Waals surface area (Å²) in [5.41, 5.74) is 0.830. The molecule has 1 aromatic carbocycles. The molecule has 0 fully saturated rings. The first kappa shape index (κ1) is 22.6. The fourth-order valence-electron chi connectivity index (χ4n) is 2.65. The Morgan fingerprint density at radius 3 is 2.15 bits per heavy atom. The van der Waals surface area contributed by atoms with Crippen LogP contribution in [0.15, 0.2) is 24.3 Å². The molecule has 0 radical (unpaired) electrons. The van der Waals surface area contributed by atoms with Crippen LogP contribution in [0.25, 0.3) is 0 Å². The Balaban J connectivity index is 2.75. The van der Waals surface area contributed by atoms with Crippen molar-refractivity contribution >= 4 is 17.7 Å². The lowest BCUT2D eigenvalue weighted by atomic mass is 9.94. The van der Waals surface area contributed by atoms with E-state index in [9.17, 15) is 24.6 Å². The molecular formula is C19H28N2O6. The predicted octanol–water partition coefficient (Wildman–Crippen LogP) is 0.316. The van der Waals surface area contributed by atoms with Gasteiger partial charge in [0.2, 0.25) is 5.91 Å². The van der Waals surface area contributed by atoms with E-state index in [-0.39, 0.29) is 23.9 Å². The molecule has 0 aliphatic heterocycles.